The molecule has 1 fully saturated rings. The first-order chi connectivity index (χ1) is 11.8. The van der Waals surface area contributed by atoms with Crippen molar-refractivity contribution >= 4 is 35.8 Å². The van der Waals surface area contributed by atoms with Gasteiger partial charge in [0.25, 0.3) is 0 Å². The number of rotatable bonds is 7. The van der Waals surface area contributed by atoms with Crippen molar-refractivity contribution in [3.63, 3.8) is 0 Å². The number of guanidine groups is 1. The Bertz CT molecular complexity index is 498. The van der Waals surface area contributed by atoms with Crippen LogP contribution in [0.4, 0.5) is 5.82 Å². The second-order valence-corrected chi connectivity index (χ2v) is 6.40. The number of anilines is 1. The molecule has 0 bridgehead atoms. The van der Waals surface area contributed by atoms with Crippen molar-refractivity contribution in [2.24, 2.45) is 4.99 Å². The SMILES string of the molecule is CCCCNC(=NCc1ccnc(N2CCCCCC2)c1)NCC.I. The van der Waals surface area contributed by atoms with Crippen LogP contribution in [0.3, 0.4) is 0 Å². The fourth-order valence-corrected chi connectivity index (χ4v) is 2.93. The highest BCUT2D eigenvalue weighted by atomic mass is 127. The maximum absolute atomic E-state index is 4.71. The van der Waals surface area contributed by atoms with Gasteiger partial charge < -0.3 is 15.5 Å². The summed E-state index contributed by atoms with van der Waals surface area (Å²) in [4.78, 5) is 11.7. The van der Waals surface area contributed by atoms with Gasteiger partial charge in [-0.2, -0.15) is 0 Å². The first-order valence-corrected chi connectivity index (χ1v) is 9.55. The summed E-state index contributed by atoms with van der Waals surface area (Å²) in [6, 6.07) is 4.27. The Hall–Kier alpha value is -1.05. The summed E-state index contributed by atoms with van der Waals surface area (Å²) < 4.78 is 0. The second-order valence-electron chi connectivity index (χ2n) is 6.40. The summed E-state index contributed by atoms with van der Waals surface area (Å²) in [5, 5.41) is 6.70. The van der Waals surface area contributed by atoms with E-state index in [4.69, 9.17) is 4.99 Å². The number of unbranched alkanes of at least 4 members (excludes halogenated alkanes) is 1. The lowest BCUT2D eigenvalue weighted by Gasteiger charge is -2.21. The Balaban J connectivity index is 0.00000312. The highest BCUT2D eigenvalue weighted by molar-refractivity contribution is 14.0. The molecule has 1 aliphatic heterocycles. The third-order valence-electron chi connectivity index (χ3n) is 4.33. The minimum Gasteiger partial charge on any atom is -0.357 e. The number of pyridine rings is 1. The predicted molar refractivity (Wildman–Crippen MR) is 118 cm³/mol. The molecule has 2 N–H and O–H groups in total. The van der Waals surface area contributed by atoms with E-state index in [-0.39, 0.29) is 24.0 Å². The molecular weight excluding hydrogens is 425 g/mol. The molecule has 2 rings (SSSR count). The largest absolute Gasteiger partial charge is 0.357 e. The lowest BCUT2D eigenvalue weighted by atomic mass is 10.2. The van der Waals surface area contributed by atoms with E-state index in [9.17, 15) is 0 Å². The Morgan fingerprint density at radius 1 is 1.16 bits per heavy atom. The molecule has 5 nitrogen and oxygen atoms in total. The average Bonchev–Trinajstić information content (AvgIpc) is 2.89. The van der Waals surface area contributed by atoms with E-state index in [1.165, 1.54) is 44.1 Å². The number of aliphatic imine (C=N–C) groups is 1. The molecule has 2 heterocycles. The Labute approximate surface area is 170 Å². The second kappa shape index (κ2) is 13.2. The summed E-state index contributed by atoms with van der Waals surface area (Å²) in [6.07, 6.45) is 9.51. The van der Waals surface area contributed by atoms with Crippen molar-refractivity contribution in [3.8, 4) is 0 Å². The molecule has 0 unspecified atom stereocenters. The van der Waals surface area contributed by atoms with Crippen LogP contribution in [0.15, 0.2) is 23.3 Å². The minimum absolute atomic E-state index is 0. The van der Waals surface area contributed by atoms with Crippen LogP contribution in [-0.4, -0.2) is 37.1 Å². The van der Waals surface area contributed by atoms with Crippen LogP contribution < -0.4 is 15.5 Å². The maximum atomic E-state index is 4.71. The van der Waals surface area contributed by atoms with Crippen LogP contribution in [0.1, 0.15) is 57.9 Å². The maximum Gasteiger partial charge on any atom is 0.191 e. The van der Waals surface area contributed by atoms with Crippen molar-refractivity contribution in [1.82, 2.24) is 15.6 Å². The van der Waals surface area contributed by atoms with E-state index in [1.807, 2.05) is 6.20 Å². The molecule has 0 amide bonds. The summed E-state index contributed by atoms with van der Waals surface area (Å²) in [5.74, 6) is 2.01. The number of hydrogen-bond acceptors (Lipinski definition) is 3. The van der Waals surface area contributed by atoms with Gasteiger partial charge in [0.1, 0.15) is 5.82 Å². The first-order valence-electron chi connectivity index (χ1n) is 9.55. The fourth-order valence-electron chi connectivity index (χ4n) is 2.93. The fraction of sp³-hybridized carbons (Fsp3) is 0.684. The molecule has 0 radical (unpaired) electrons. The van der Waals surface area contributed by atoms with Gasteiger partial charge >= 0.3 is 0 Å². The van der Waals surface area contributed by atoms with E-state index in [1.54, 1.807) is 0 Å². The molecule has 0 aromatic carbocycles. The van der Waals surface area contributed by atoms with Gasteiger partial charge in [-0.1, -0.05) is 26.2 Å². The van der Waals surface area contributed by atoms with Gasteiger partial charge in [0.15, 0.2) is 5.96 Å². The minimum atomic E-state index is 0. The van der Waals surface area contributed by atoms with E-state index in [2.05, 4.69) is 46.5 Å². The van der Waals surface area contributed by atoms with Crippen molar-refractivity contribution in [3.05, 3.63) is 23.9 Å². The molecule has 1 aliphatic rings. The summed E-state index contributed by atoms with van der Waals surface area (Å²) >= 11 is 0. The summed E-state index contributed by atoms with van der Waals surface area (Å²) in [6.45, 7) is 9.09. The zero-order valence-electron chi connectivity index (χ0n) is 15.8. The summed E-state index contributed by atoms with van der Waals surface area (Å²) in [7, 11) is 0. The van der Waals surface area contributed by atoms with Crippen molar-refractivity contribution < 1.29 is 0 Å². The van der Waals surface area contributed by atoms with Gasteiger partial charge in [-0.3, -0.25) is 0 Å². The standard InChI is InChI=1S/C19H33N5.HI/c1-3-5-11-22-19(20-4-2)23-16-17-10-12-21-18(15-17)24-13-8-6-7-9-14-24;/h10,12,15H,3-9,11,13-14,16H2,1-2H3,(H2,20,22,23);1H. The quantitative estimate of drug-likeness (QED) is 0.281. The lowest BCUT2D eigenvalue weighted by molar-refractivity contribution is 0.726. The van der Waals surface area contributed by atoms with Crippen LogP contribution in [0.2, 0.25) is 0 Å². The van der Waals surface area contributed by atoms with Gasteiger partial charge in [0.2, 0.25) is 0 Å². The van der Waals surface area contributed by atoms with Crippen molar-refractivity contribution in [1.29, 1.82) is 0 Å². The molecule has 142 valence electrons. The van der Waals surface area contributed by atoms with Crippen LogP contribution >= 0.6 is 24.0 Å². The molecule has 0 saturated carbocycles. The normalized spacial score (nSPS) is 15.3. The Morgan fingerprint density at radius 2 is 1.92 bits per heavy atom. The smallest absolute Gasteiger partial charge is 0.191 e. The zero-order valence-corrected chi connectivity index (χ0v) is 18.1. The average molecular weight is 459 g/mol. The molecule has 0 spiro atoms. The third-order valence-corrected chi connectivity index (χ3v) is 4.33. The van der Waals surface area contributed by atoms with Crippen molar-refractivity contribution in [2.45, 2.75) is 58.9 Å². The molecule has 25 heavy (non-hydrogen) atoms. The number of nitrogens with one attached hydrogen (secondary N) is 2. The zero-order chi connectivity index (χ0) is 17.0. The molecule has 1 aromatic heterocycles. The van der Waals surface area contributed by atoms with Crippen LogP contribution in [0.25, 0.3) is 0 Å². The van der Waals surface area contributed by atoms with E-state index in [0.717, 1.165) is 38.0 Å². The highest BCUT2D eigenvalue weighted by Crippen LogP contribution is 2.18. The monoisotopic (exact) mass is 459 g/mol. The van der Waals surface area contributed by atoms with E-state index in [0.29, 0.717) is 6.54 Å². The number of aromatic nitrogens is 1. The molecule has 6 heteroatoms. The van der Waals surface area contributed by atoms with Gasteiger partial charge in [-0.05, 0) is 43.9 Å². The van der Waals surface area contributed by atoms with E-state index < -0.39 is 0 Å². The Kier molecular flexibility index (Phi) is 11.6. The third kappa shape index (κ3) is 8.25. The topological polar surface area (TPSA) is 52.6 Å². The van der Waals surface area contributed by atoms with Gasteiger partial charge in [0, 0.05) is 32.4 Å². The first kappa shape index (κ1) is 22.0. The number of hydrogen-bond donors (Lipinski definition) is 2. The molecule has 1 aromatic rings. The van der Waals surface area contributed by atoms with Crippen LogP contribution in [0.5, 0.6) is 0 Å². The van der Waals surface area contributed by atoms with Gasteiger partial charge in [-0.25, -0.2) is 9.98 Å². The number of nitrogens with zero attached hydrogens (tertiary/aromatic N) is 3. The summed E-state index contributed by atoms with van der Waals surface area (Å²) in [5.41, 5.74) is 1.22. The number of halogens is 1. The molecule has 0 atom stereocenters. The Morgan fingerprint density at radius 3 is 2.60 bits per heavy atom. The van der Waals surface area contributed by atoms with Crippen LogP contribution in [0, 0.1) is 0 Å². The van der Waals surface area contributed by atoms with Gasteiger partial charge in [-0.15, -0.1) is 24.0 Å². The van der Waals surface area contributed by atoms with Crippen LogP contribution in [-0.2, 0) is 6.54 Å². The van der Waals surface area contributed by atoms with Gasteiger partial charge in [0.05, 0.1) is 6.54 Å². The van der Waals surface area contributed by atoms with Crippen molar-refractivity contribution in [2.75, 3.05) is 31.1 Å². The molecular formula is C19H34IN5. The lowest BCUT2D eigenvalue weighted by Crippen LogP contribution is -2.37. The highest BCUT2D eigenvalue weighted by Gasteiger charge is 2.11. The molecule has 1 saturated heterocycles. The predicted octanol–water partition coefficient (Wildman–Crippen LogP) is 3.94. The van der Waals surface area contributed by atoms with E-state index >= 15 is 0 Å². The molecule has 0 aliphatic carbocycles.